The van der Waals surface area contributed by atoms with Gasteiger partial charge in [0.15, 0.2) is 0 Å². The molecule has 0 bridgehead atoms. The van der Waals surface area contributed by atoms with Crippen LogP contribution in [0.3, 0.4) is 0 Å². The van der Waals surface area contributed by atoms with E-state index >= 15 is 0 Å². The Balaban J connectivity index is 4.43. The standard InChI is InChI=1S/6FH.Ni/h6*1H;/q;;;;;;+3/p-6. The molecule has 0 aromatic rings. The molecule has 0 aliphatic heterocycles. The third-order valence-corrected chi connectivity index (χ3v) is 0. The first-order valence-corrected chi connectivity index (χ1v) is 2.96. The van der Waals surface area contributed by atoms with Gasteiger partial charge in [0.1, 0.15) is 0 Å². The van der Waals surface area contributed by atoms with Gasteiger partial charge in [-0.25, -0.2) is 0 Å². The molecular formula is F6Ni-3. The van der Waals surface area contributed by atoms with Crippen LogP contribution in [0.1, 0.15) is 0 Å². The van der Waals surface area contributed by atoms with Crippen LogP contribution in [0.2, 0.25) is 0 Å². The van der Waals surface area contributed by atoms with Gasteiger partial charge >= 0.3 is 34.6 Å². The Labute approximate surface area is 35.7 Å². The molecule has 0 N–H and O–H groups in total. The SMILES string of the molecule is [F][Ni-3]([F])([F])([F])([F])[F]. The van der Waals surface area contributed by atoms with Gasteiger partial charge in [-0.15, -0.1) is 0 Å². The summed E-state index contributed by atoms with van der Waals surface area (Å²) in [6.07, 6.45) is 0. The normalized spacial score (nSPS) is 23.1. The number of halogens is 6. The van der Waals surface area contributed by atoms with Crippen molar-refractivity contribution in [2.75, 3.05) is 0 Å². The average Bonchev–Trinajstić information content (AvgIpc) is 0.592. The second kappa shape index (κ2) is 0.688. The molecule has 0 unspecified atom stereocenters. The van der Waals surface area contributed by atoms with Crippen molar-refractivity contribution in [1.82, 2.24) is 0 Å². The van der Waals surface area contributed by atoms with Crippen molar-refractivity contribution in [2.24, 2.45) is 0 Å². The van der Waals surface area contributed by atoms with Crippen LogP contribution in [0.15, 0.2) is 0 Å². The summed E-state index contributed by atoms with van der Waals surface area (Å²) in [4.78, 5) is 0. The van der Waals surface area contributed by atoms with Crippen molar-refractivity contribution in [3.8, 4) is 0 Å². The Morgan fingerprint density at radius 2 is 0.571 bits per heavy atom. The number of hydrogen-bond acceptors (Lipinski definition) is 0. The van der Waals surface area contributed by atoms with Crippen molar-refractivity contribution < 1.29 is 34.6 Å². The van der Waals surface area contributed by atoms with E-state index in [0.29, 0.717) is 0 Å². The minimum absolute atomic E-state index is 9.85. The molecule has 0 atom stereocenters. The number of rotatable bonds is 0. The molecule has 0 fully saturated rings. The molecule has 55 valence electrons. The van der Waals surface area contributed by atoms with Crippen LogP contribution in [0.5, 0.6) is 0 Å². The molecule has 0 amide bonds. The fraction of sp³-hybridized carbons (Fsp3) is 0. The summed E-state index contributed by atoms with van der Waals surface area (Å²) >= 11 is -10.5. The van der Waals surface area contributed by atoms with E-state index in [1.807, 2.05) is 0 Å². The molecule has 0 saturated heterocycles. The molecule has 0 heterocycles. The molecule has 0 aliphatic rings. The van der Waals surface area contributed by atoms with E-state index in [4.69, 9.17) is 0 Å². The summed E-state index contributed by atoms with van der Waals surface area (Å²) in [5.74, 6) is 0. The van der Waals surface area contributed by atoms with Crippen molar-refractivity contribution in [1.29, 1.82) is 0 Å². The first-order chi connectivity index (χ1) is 2.45. The van der Waals surface area contributed by atoms with E-state index in [1.54, 1.807) is 0 Å². The monoisotopic (exact) mass is 172 g/mol. The zero-order chi connectivity index (χ0) is 6.41. The zero-order valence-electron chi connectivity index (χ0n) is 2.58. The Morgan fingerprint density at radius 1 is 0.571 bits per heavy atom. The molecule has 0 spiro atoms. The van der Waals surface area contributed by atoms with Crippen LogP contribution in [0, 0.1) is 0 Å². The van der Waals surface area contributed by atoms with E-state index in [0.717, 1.165) is 0 Å². The van der Waals surface area contributed by atoms with Crippen molar-refractivity contribution in [2.45, 2.75) is 0 Å². The molecule has 0 nitrogen and oxygen atoms in total. The molecule has 0 saturated carbocycles. The van der Waals surface area contributed by atoms with E-state index in [9.17, 15) is 21.6 Å². The number of hydrogen-bond donors (Lipinski definition) is 0. The predicted octanol–water partition coefficient (Wildman–Crippen LogP) is 2.52. The van der Waals surface area contributed by atoms with Gasteiger partial charge in [0.05, 0.1) is 0 Å². The molecule has 0 aromatic heterocycles. The van der Waals surface area contributed by atoms with Crippen LogP contribution in [-0.2, 0) is 13.0 Å². The van der Waals surface area contributed by atoms with Gasteiger partial charge in [0, 0.05) is 0 Å². The summed E-state index contributed by atoms with van der Waals surface area (Å²) in [5.41, 5.74) is 0. The maximum atomic E-state index is 9.85. The van der Waals surface area contributed by atoms with Gasteiger partial charge in [0.2, 0.25) is 0 Å². The summed E-state index contributed by atoms with van der Waals surface area (Å²) in [6, 6.07) is 0. The zero-order valence-corrected chi connectivity index (χ0v) is 3.57. The molecule has 7 heavy (non-hydrogen) atoms. The van der Waals surface area contributed by atoms with Gasteiger partial charge in [-0.05, 0) is 0 Å². The van der Waals surface area contributed by atoms with Crippen LogP contribution >= 0.6 is 0 Å². The van der Waals surface area contributed by atoms with Crippen molar-refractivity contribution in [3.63, 3.8) is 0 Å². The summed E-state index contributed by atoms with van der Waals surface area (Å²) in [7, 11) is 0. The van der Waals surface area contributed by atoms with Crippen LogP contribution in [-0.4, -0.2) is 0 Å². The van der Waals surface area contributed by atoms with Crippen LogP contribution in [0.25, 0.3) is 0 Å². The second-order valence-electron chi connectivity index (χ2n) is 0.678. The topological polar surface area (TPSA) is 0 Å². The fourth-order valence-corrected chi connectivity index (χ4v) is 0. The van der Waals surface area contributed by atoms with Gasteiger partial charge in [-0.1, -0.05) is 0 Å². The maximum absolute atomic E-state index is 10.5. The van der Waals surface area contributed by atoms with E-state index in [-0.39, 0.29) is 0 Å². The Kier molecular flexibility index (Phi) is 0.695. The third-order valence-electron chi connectivity index (χ3n) is 0. The molecule has 7 heteroatoms. The van der Waals surface area contributed by atoms with Gasteiger partial charge in [-0.2, -0.15) is 0 Å². The van der Waals surface area contributed by atoms with Crippen LogP contribution in [0.4, 0.5) is 21.6 Å². The Morgan fingerprint density at radius 3 is 0.571 bits per heavy atom. The third kappa shape index (κ3) is 18700. The van der Waals surface area contributed by atoms with Gasteiger partial charge in [0.25, 0.3) is 0 Å². The molecular weight excluding hydrogens is 173 g/mol. The van der Waals surface area contributed by atoms with E-state index < -0.39 is 13.0 Å². The molecule has 0 aliphatic carbocycles. The van der Waals surface area contributed by atoms with Crippen molar-refractivity contribution >= 4 is 0 Å². The molecule has 0 rings (SSSR count). The Bertz CT molecular complexity index is 62.7. The van der Waals surface area contributed by atoms with Gasteiger partial charge in [-0.3, -0.25) is 0 Å². The van der Waals surface area contributed by atoms with Crippen molar-refractivity contribution in [3.05, 3.63) is 0 Å². The summed E-state index contributed by atoms with van der Waals surface area (Å²) in [5, 5.41) is 0. The van der Waals surface area contributed by atoms with E-state index in [2.05, 4.69) is 0 Å². The predicted molar refractivity (Wildman–Crippen MR) is 6.65 cm³/mol. The first kappa shape index (κ1) is 7.07. The molecule has 0 radical (unpaired) electrons. The first-order valence-electron chi connectivity index (χ1n) is 0.717. The molecule has 0 aromatic carbocycles. The minimum atomic E-state index is -10.5. The van der Waals surface area contributed by atoms with E-state index in [1.165, 1.54) is 0 Å². The second-order valence-corrected chi connectivity index (χ2v) is 2.79. The Hall–Kier alpha value is 0.0735. The van der Waals surface area contributed by atoms with Gasteiger partial charge < -0.3 is 0 Å². The quantitative estimate of drug-likeness (QED) is 0.389. The fourth-order valence-electron chi connectivity index (χ4n) is 0. The summed E-state index contributed by atoms with van der Waals surface area (Å²) in [6.45, 7) is 0. The summed E-state index contributed by atoms with van der Waals surface area (Å²) < 4.78 is 59.1. The van der Waals surface area contributed by atoms with Crippen LogP contribution < -0.4 is 0 Å². The average molecular weight is 173 g/mol.